The van der Waals surface area contributed by atoms with Gasteiger partial charge in [0, 0.05) is 11.8 Å². The van der Waals surface area contributed by atoms with Crippen LogP contribution in [0.3, 0.4) is 0 Å². The van der Waals surface area contributed by atoms with Crippen molar-refractivity contribution in [2.45, 2.75) is 19.8 Å². The highest BCUT2D eigenvalue weighted by molar-refractivity contribution is 9.09. The molecule has 0 heterocycles. The summed E-state index contributed by atoms with van der Waals surface area (Å²) >= 11 is 3.28. The van der Waals surface area contributed by atoms with Crippen molar-refractivity contribution in [1.82, 2.24) is 0 Å². The van der Waals surface area contributed by atoms with Crippen LogP contribution in [0.5, 0.6) is 0 Å². The third-order valence-electron chi connectivity index (χ3n) is 1.38. The molecule has 0 unspecified atom stereocenters. The Morgan fingerprint density at radius 1 is 1.55 bits per heavy atom. The first kappa shape index (κ1) is 10.7. The van der Waals surface area contributed by atoms with Gasteiger partial charge >= 0.3 is 5.97 Å². The number of esters is 1. The largest absolute Gasteiger partial charge is 0.469 e. The van der Waals surface area contributed by atoms with Gasteiger partial charge in [0.25, 0.3) is 0 Å². The Kier molecular flexibility index (Phi) is 6.22. The molecule has 0 spiro atoms. The number of carbonyl (C=O) groups is 1. The van der Waals surface area contributed by atoms with Gasteiger partial charge < -0.3 is 4.74 Å². The highest BCUT2D eigenvalue weighted by Gasteiger charge is 1.99. The van der Waals surface area contributed by atoms with Crippen molar-refractivity contribution in [1.29, 1.82) is 0 Å². The number of hydrogen-bond donors (Lipinski definition) is 0. The molecule has 0 saturated carbocycles. The zero-order chi connectivity index (χ0) is 8.69. The lowest BCUT2D eigenvalue weighted by Crippen LogP contribution is -1.99. The minimum Gasteiger partial charge on any atom is -0.469 e. The summed E-state index contributed by atoms with van der Waals surface area (Å²) in [6.07, 6.45) is 3.31. The van der Waals surface area contributed by atoms with Crippen molar-refractivity contribution in [3.05, 3.63) is 11.6 Å². The van der Waals surface area contributed by atoms with E-state index in [9.17, 15) is 4.79 Å². The maximum absolute atomic E-state index is 10.7. The standard InChI is InChI=1S/C8H13BrO2/c1-7(5-6-9)3-4-8(10)11-2/h5H,3-4,6H2,1-2H3. The molecule has 64 valence electrons. The van der Waals surface area contributed by atoms with Gasteiger partial charge in [0.1, 0.15) is 0 Å². The average Bonchev–Trinajstić information content (AvgIpc) is 2.01. The molecular weight excluding hydrogens is 208 g/mol. The minimum absolute atomic E-state index is 0.146. The number of halogens is 1. The Labute approximate surface area is 75.7 Å². The number of ether oxygens (including phenoxy) is 1. The monoisotopic (exact) mass is 220 g/mol. The zero-order valence-corrected chi connectivity index (χ0v) is 8.48. The summed E-state index contributed by atoms with van der Waals surface area (Å²) in [7, 11) is 1.41. The van der Waals surface area contributed by atoms with E-state index in [1.807, 2.05) is 13.0 Å². The second-order valence-corrected chi connectivity index (χ2v) is 2.93. The SMILES string of the molecule is COC(=O)CCC(C)=CCBr. The van der Waals surface area contributed by atoms with Crippen LogP contribution in [0, 0.1) is 0 Å². The molecule has 0 radical (unpaired) electrons. The summed E-state index contributed by atoms with van der Waals surface area (Å²) < 4.78 is 4.50. The second kappa shape index (κ2) is 6.40. The maximum Gasteiger partial charge on any atom is 0.305 e. The molecule has 0 aromatic carbocycles. The summed E-state index contributed by atoms with van der Waals surface area (Å²) in [5.74, 6) is -0.146. The summed E-state index contributed by atoms with van der Waals surface area (Å²) in [5.41, 5.74) is 1.22. The van der Waals surface area contributed by atoms with Gasteiger partial charge in [-0.15, -0.1) is 0 Å². The second-order valence-electron chi connectivity index (χ2n) is 2.28. The fraction of sp³-hybridized carbons (Fsp3) is 0.625. The highest BCUT2D eigenvalue weighted by Crippen LogP contribution is 2.04. The number of rotatable bonds is 4. The van der Waals surface area contributed by atoms with Crippen LogP contribution in [-0.4, -0.2) is 18.4 Å². The molecule has 0 aliphatic carbocycles. The van der Waals surface area contributed by atoms with Gasteiger partial charge in [-0.2, -0.15) is 0 Å². The van der Waals surface area contributed by atoms with Crippen LogP contribution in [0.15, 0.2) is 11.6 Å². The predicted molar refractivity (Wildman–Crippen MR) is 48.8 cm³/mol. The van der Waals surface area contributed by atoms with Crippen LogP contribution in [0.25, 0.3) is 0 Å². The van der Waals surface area contributed by atoms with Crippen molar-refractivity contribution in [3.63, 3.8) is 0 Å². The molecule has 0 bridgehead atoms. The summed E-state index contributed by atoms with van der Waals surface area (Å²) in [5, 5.41) is 0.847. The number of hydrogen-bond acceptors (Lipinski definition) is 2. The molecule has 0 aliphatic rings. The Hall–Kier alpha value is -0.310. The van der Waals surface area contributed by atoms with E-state index in [0.717, 1.165) is 11.8 Å². The number of allylic oxidation sites excluding steroid dienone is 2. The normalized spacial score (nSPS) is 11.4. The molecule has 0 saturated heterocycles. The fourth-order valence-corrected chi connectivity index (χ4v) is 1.19. The Morgan fingerprint density at radius 2 is 2.18 bits per heavy atom. The molecule has 0 rings (SSSR count). The van der Waals surface area contributed by atoms with Crippen molar-refractivity contribution in [3.8, 4) is 0 Å². The molecule has 11 heavy (non-hydrogen) atoms. The van der Waals surface area contributed by atoms with Crippen molar-refractivity contribution >= 4 is 21.9 Å². The minimum atomic E-state index is -0.146. The third kappa shape index (κ3) is 6.10. The van der Waals surface area contributed by atoms with E-state index in [1.165, 1.54) is 12.7 Å². The topological polar surface area (TPSA) is 26.3 Å². The van der Waals surface area contributed by atoms with Crippen molar-refractivity contribution in [2.75, 3.05) is 12.4 Å². The van der Waals surface area contributed by atoms with E-state index in [2.05, 4.69) is 20.7 Å². The molecule has 0 amide bonds. The van der Waals surface area contributed by atoms with E-state index < -0.39 is 0 Å². The van der Waals surface area contributed by atoms with Gasteiger partial charge in [-0.25, -0.2) is 0 Å². The first-order valence-electron chi connectivity index (χ1n) is 3.49. The lowest BCUT2D eigenvalue weighted by Gasteiger charge is -1.98. The molecule has 0 aliphatic heterocycles. The Morgan fingerprint density at radius 3 is 2.64 bits per heavy atom. The molecule has 0 aromatic heterocycles. The molecule has 2 nitrogen and oxygen atoms in total. The van der Waals surface area contributed by atoms with Crippen LogP contribution < -0.4 is 0 Å². The van der Waals surface area contributed by atoms with Gasteiger partial charge in [-0.05, 0) is 13.3 Å². The lowest BCUT2D eigenvalue weighted by molar-refractivity contribution is -0.140. The van der Waals surface area contributed by atoms with Gasteiger partial charge in [-0.1, -0.05) is 27.6 Å². The van der Waals surface area contributed by atoms with Gasteiger partial charge in [-0.3, -0.25) is 4.79 Å². The zero-order valence-electron chi connectivity index (χ0n) is 6.89. The number of carbonyl (C=O) groups excluding carboxylic acids is 1. The molecular formula is C8H13BrO2. The first-order valence-corrected chi connectivity index (χ1v) is 4.61. The Bertz CT molecular complexity index is 152. The van der Waals surface area contributed by atoms with Crippen molar-refractivity contribution < 1.29 is 9.53 Å². The molecule has 0 N–H and O–H groups in total. The van der Waals surface area contributed by atoms with Gasteiger partial charge in [0.2, 0.25) is 0 Å². The summed E-state index contributed by atoms with van der Waals surface area (Å²) in [4.78, 5) is 10.7. The fourth-order valence-electron chi connectivity index (χ4n) is 0.635. The van der Waals surface area contributed by atoms with Crippen molar-refractivity contribution in [2.24, 2.45) is 0 Å². The third-order valence-corrected chi connectivity index (χ3v) is 1.70. The van der Waals surface area contributed by atoms with Crippen LogP contribution >= 0.6 is 15.9 Å². The molecule has 3 heteroatoms. The first-order chi connectivity index (χ1) is 5.20. The highest BCUT2D eigenvalue weighted by atomic mass is 79.9. The van der Waals surface area contributed by atoms with E-state index in [1.54, 1.807) is 0 Å². The van der Waals surface area contributed by atoms with Crippen LogP contribution in [0.2, 0.25) is 0 Å². The van der Waals surface area contributed by atoms with E-state index >= 15 is 0 Å². The molecule has 0 fully saturated rings. The Balaban J connectivity index is 3.53. The van der Waals surface area contributed by atoms with E-state index in [-0.39, 0.29) is 5.97 Å². The summed E-state index contributed by atoms with van der Waals surface area (Å²) in [6.45, 7) is 2.00. The smallest absolute Gasteiger partial charge is 0.305 e. The van der Waals surface area contributed by atoms with Crippen LogP contribution in [0.4, 0.5) is 0 Å². The van der Waals surface area contributed by atoms with Crippen LogP contribution in [0.1, 0.15) is 19.8 Å². The molecule has 0 atom stereocenters. The number of alkyl halides is 1. The van der Waals surface area contributed by atoms with E-state index in [0.29, 0.717) is 6.42 Å². The maximum atomic E-state index is 10.7. The van der Waals surface area contributed by atoms with Crippen LogP contribution in [-0.2, 0) is 9.53 Å². The van der Waals surface area contributed by atoms with E-state index in [4.69, 9.17) is 0 Å². The van der Waals surface area contributed by atoms with Gasteiger partial charge in [0.05, 0.1) is 7.11 Å². The summed E-state index contributed by atoms with van der Waals surface area (Å²) in [6, 6.07) is 0. The average molecular weight is 221 g/mol. The van der Waals surface area contributed by atoms with Gasteiger partial charge in [0.15, 0.2) is 0 Å². The molecule has 0 aromatic rings. The quantitative estimate of drug-likeness (QED) is 0.413. The number of methoxy groups -OCH3 is 1. The predicted octanol–water partition coefficient (Wildman–Crippen LogP) is 2.28. The lowest BCUT2D eigenvalue weighted by atomic mass is 10.1.